The molecule has 0 saturated heterocycles. The molecule has 27 heavy (non-hydrogen) atoms. The van der Waals surface area contributed by atoms with Gasteiger partial charge in [-0.25, -0.2) is 0 Å². The molecule has 7 nitrogen and oxygen atoms in total. The molecule has 1 amide bonds. The number of thiophene rings is 1. The number of benzene rings is 1. The smallest absolute Gasteiger partial charge is 0.307 e. The topological polar surface area (TPSA) is 90.9 Å². The van der Waals surface area contributed by atoms with Gasteiger partial charge in [-0.2, -0.15) is 0 Å². The number of esters is 1. The summed E-state index contributed by atoms with van der Waals surface area (Å²) in [7, 11) is 0. The van der Waals surface area contributed by atoms with Crippen LogP contribution in [0.25, 0.3) is 0 Å². The van der Waals surface area contributed by atoms with Crippen LogP contribution in [-0.4, -0.2) is 30.6 Å². The maximum atomic E-state index is 12.1. The molecule has 0 aliphatic carbocycles. The van der Waals surface area contributed by atoms with E-state index in [2.05, 4.69) is 5.32 Å². The molecule has 0 bridgehead atoms. The van der Waals surface area contributed by atoms with E-state index in [4.69, 9.17) is 14.2 Å². The van der Waals surface area contributed by atoms with Crippen molar-refractivity contribution in [1.82, 2.24) is 5.32 Å². The Labute approximate surface area is 160 Å². The highest BCUT2D eigenvalue weighted by Crippen LogP contribution is 2.32. The highest BCUT2D eigenvalue weighted by atomic mass is 32.1. The number of Topliss-reactive ketones (excluding diaryl/α,β-unsaturated/α-hetero) is 1. The van der Waals surface area contributed by atoms with Crippen molar-refractivity contribution in [3.63, 3.8) is 0 Å². The maximum absolute atomic E-state index is 12.1. The van der Waals surface area contributed by atoms with Crippen LogP contribution in [-0.2, 0) is 20.9 Å². The SMILES string of the molecule is C[C@H](OC(=O)CCC(=O)c1cccs1)C(=O)NCc1ccc2c(c1)OCO2. The number of nitrogens with one attached hydrogen (secondary N) is 1. The molecule has 1 aromatic heterocycles. The van der Waals surface area contributed by atoms with Gasteiger partial charge in [0.2, 0.25) is 6.79 Å². The fourth-order valence-corrected chi connectivity index (χ4v) is 3.16. The average molecular weight is 389 g/mol. The van der Waals surface area contributed by atoms with Gasteiger partial charge < -0.3 is 19.5 Å². The van der Waals surface area contributed by atoms with Crippen molar-refractivity contribution in [3.8, 4) is 11.5 Å². The molecule has 0 saturated carbocycles. The molecule has 142 valence electrons. The van der Waals surface area contributed by atoms with E-state index in [1.807, 2.05) is 6.07 Å². The molecule has 0 unspecified atom stereocenters. The van der Waals surface area contributed by atoms with E-state index in [0.29, 0.717) is 16.4 Å². The van der Waals surface area contributed by atoms with Gasteiger partial charge >= 0.3 is 5.97 Å². The van der Waals surface area contributed by atoms with Crippen molar-refractivity contribution in [2.75, 3.05) is 6.79 Å². The van der Waals surface area contributed by atoms with Crippen LogP contribution in [0.1, 0.15) is 35.0 Å². The summed E-state index contributed by atoms with van der Waals surface area (Å²) < 4.78 is 15.6. The first kappa shape index (κ1) is 18.9. The van der Waals surface area contributed by atoms with Gasteiger partial charge in [-0.15, -0.1) is 11.3 Å². The third kappa shape index (κ3) is 5.07. The normalized spacial score (nSPS) is 13.1. The second-order valence-electron chi connectivity index (χ2n) is 5.94. The second kappa shape index (κ2) is 8.68. The molecule has 1 N–H and O–H groups in total. The maximum Gasteiger partial charge on any atom is 0.307 e. The molecular weight excluding hydrogens is 370 g/mol. The first-order chi connectivity index (χ1) is 13.0. The van der Waals surface area contributed by atoms with Crippen LogP contribution in [0.5, 0.6) is 11.5 Å². The van der Waals surface area contributed by atoms with Crippen LogP contribution in [0, 0.1) is 0 Å². The monoisotopic (exact) mass is 389 g/mol. The molecule has 3 rings (SSSR count). The Morgan fingerprint density at radius 1 is 1.19 bits per heavy atom. The number of hydrogen-bond donors (Lipinski definition) is 1. The van der Waals surface area contributed by atoms with Crippen molar-refractivity contribution >= 4 is 29.0 Å². The minimum Gasteiger partial charge on any atom is -0.454 e. The lowest BCUT2D eigenvalue weighted by Crippen LogP contribution is -2.35. The molecular formula is C19H19NO6S. The molecule has 1 aromatic carbocycles. The highest BCUT2D eigenvalue weighted by Gasteiger charge is 2.19. The number of rotatable bonds is 8. The van der Waals surface area contributed by atoms with E-state index in [9.17, 15) is 14.4 Å². The zero-order valence-corrected chi connectivity index (χ0v) is 15.5. The van der Waals surface area contributed by atoms with E-state index in [1.165, 1.54) is 18.3 Å². The van der Waals surface area contributed by atoms with Crippen LogP contribution in [0.2, 0.25) is 0 Å². The summed E-state index contributed by atoms with van der Waals surface area (Å²) in [5.74, 6) is 0.208. The van der Waals surface area contributed by atoms with Crippen LogP contribution >= 0.6 is 11.3 Å². The van der Waals surface area contributed by atoms with Gasteiger partial charge in [-0.05, 0) is 36.1 Å². The van der Waals surface area contributed by atoms with E-state index in [0.717, 1.165) is 5.56 Å². The van der Waals surface area contributed by atoms with Crippen molar-refractivity contribution in [2.45, 2.75) is 32.4 Å². The van der Waals surface area contributed by atoms with E-state index in [1.54, 1.807) is 29.6 Å². The zero-order valence-electron chi connectivity index (χ0n) is 14.7. The average Bonchev–Trinajstić information content (AvgIpc) is 3.35. The van der Waals surface area contributed by atoms with Gasteiger partial charge in [0.1, 0.15) is 0 Å². The minimum absolute atomic E-state index is 0.0590. The fourth-order valence-electron chi connectivity index (χ4n) is 2.47. The number of hydrogen-bond acceptors (Lipinski definition) is 7. The summed E-state index contributed by atoms with van der Waals surface area (Å²) in [6, 6.07) is 8.88. The fraction of sp³-hybridized carbons (Fsp3) is 0.316. The number of carbonyl (C=O) groups excluding carboxylic acids is 3. The van der Waals surface area contributed by atoms with Gasteiger partial charge in [-0.1, -0.05) is 12.1 Å². The summed E-state index contributed by atoms with van der Waals surface area (Å²) in [5, 5.41) is 4.51. The summed E-state index contributed by atoms with van der Waals surface area (Å²) in [5.41, 5.74) is 0.840. The second-order valence-corrected chi connectivity index (χ2v) is 6.89. The largest absolute Gasteiger partial charge is 0.454 e. The number of carbonyl (C=O) groups is 3. The Kier molecular flexibility index (Phi) is 6.08. The molecule has 1 aliphatic rings. The molecule has 1 aliphatic heterocycles. The predicted molar refractivity (Wildman–Crippen MR) is 97.8 cm³/mol. The predicted octanol–water partition coefficient (Wildman–Crippen LogP) is 2.69. The Hall–Kier alpha value is -2.87. The molecule has 2 heterocycles. The molecule has 1 atom stereocenters. The van der Waals surface area contributed by atoms with Crippen LogP contribution in [0.4, 0.5) is 0 Å². The van der Waals surface area contributed by atoms with Crippen LogP contribution in [0.15, 0.2) is 35.7 Å². The summed E-state index contributed by atoms with van der Waals surface area (Å²) in [6.45, 7) is 1.95. The zero-order chi connectivity index (χ0) is 19.2. The van der Waals surface area contributed by atoms with Gasteiger partial charge in [0.15, 0.2) is 23.4 Å². The Morgan fingerprint density at radius 3 is 2.78 bits per heavy atom. The molecule has 8 heteroatoms. The minimum atomic E-state index is -0.941. The van der Waals surface area contributed by atoms with Gasteiger partial charge in [0.25, 0.3) is 5.91 Å². The van der Waals surface area contributed by atoms with Crippen LogP contribution in [0.3, 0.4) is 0 Å². The Morgan fingerprint density at radius 2 is 2.00 bits per heavy atom. The number of ketones is 1. The highest BCUT2D eigenvalue weighted by molar-refractivity contribution is 7.12. The number of fused-ring (bicyclic) bond motifs is 1. The lowest BCUT2D eigenvalue weighted by atomic mass is 10.2. The molecule has 0 spiro atoms. The summed E-state index contributed by atoms with van der Waals surface area (Å²) in [6.07, 6.45) is -0.940. The van der Waals surface area contributed by atoms with Crippen molar-refractivity contribution in [3.05, 3.63) is 46.2 Å². The van der Waals surface area contributed by atoms with Gasteiger partial charge in [0, 0.05) is 13.0 Å². The first-order valence-electron chi connectivity index (χ1n) is 8.45. The van der Waals surface area contributed by atoms with Gasteiger partial charge in [-0.3, -0.25) is 14.4 Å². The molecule has 0 radical (unpaired) electrons. The quantitative estimate of drug-likeness (QED) is 0.551. The summed E-state index contributed by atoms with van der Waals surface area (Å²) in [4.78, 5) is 36.4. The number of ether oxygens (including phenoxy) is 3. The van der Waals surface area contributed by atoms with Crippen molar-refractivity contribution in [1.29, 1.82) is 0 Å². The molecule has 0 fully saturated rings. The van der Waals surface area contributed by atoms with E-state index in [-0.39, 0.29) is 32.0 Å². The van der Waals surface area contributed by atoms with E-state index >= 15 is 0 Å². The van der Waals surface area contributed by atoms with Gasteiger partial charge in [0.05, 0.1) is 11.3 Å². The third-order valence-corrected chi connectivity index (χ3v) is 4.84. The Balaban J connectivity index is 1.40. The lowest BCUT2D eigenvalue weighted by molar-refractivity contribution is -0.154. The van der Waals surface area contributed by atoms with E-state index < -0.39 is 18.0 Å². The standard InChI is InChI=1S/C19H19NO6S/c1-12(26-18(22)7-5-14(21)17-3-2-8-27-17)19(23)20-10-13-4-6-15-16(9-13)25-11-24-15/h2-4,6,8-9,12H,5,7,10-11H2,1H3,(H,20,23)/t12-/m0/s1. The lowest BCUT2D eigenvalue weighted by Gasteiger charge is -2.13. The summed E-state index contributed by atoms with van der Waals surface area (Å²) >= 11 is 1.33. The van der Waals surface area contributed by atoms with Crippen LogP contribution < -0.4 is 14.8 Å². The van der Waals surface area contributed by atoms with Crippen molar-refractivity contribution < 1.29 is 28.6 Å². The molecule has 2 aromatic rings. The first-order valence-corrected chi connectivity index (χ1v) is 9.33. The Bertz CT molecular complexity index is 833. The third-order valence-electron chi connectivity index (χ3n) is 3.93. The number of amides is 1. The van der Waals surface area contributed by atoms with Crippen molar-refractivity contribution in [2.24, 2.45) is 0 Å².